The normalized spacial score (nSPS) is 11.6. The first kappa shape index (κ1) is 21.0. The lowest BCUT2D eigenvalue weighted by atomic mass is 10.2. The van der Waals surface area contributed by atoms with Gasteiger partial charge < -0.3 is 10.1 Å². The fraction of sp³-hybridized carbons (Fsp3) is 0.182. The fourth-order valence-corrected chi connectivity index (χ4v) is 2.77. The second kappa shape index (κ2) is 8.77. The van der Waals surface area contributed by atoms with Gasteiger partial charge in [-0.1, -0.05) is 0 Å². The number of rotatable bonds is 6. The lowest BCUT2D eigenvalue weighted by Gasteiger charge is -2.15. The highest BCUT2D eigenvalue weighted by Gasteiger charge is 2.16. The van der Waals surface area contributed by atoms with E-state index >= 15 is 0 Å². The average Bonchev–Trinajstić information content (AvgIpc) is 3.03. The number of halogens is 2. The molecule has 0 fully saturated rings. The largest absolute Gasteiger partial charge is 0.481 e. The Bertz CT molecular complexity index is 1060. The summed E-state index contributed by atoms with van der Waals surface area (Å²) in [5.74, 6) is -2.48. The molecule has 2 N–H and O–H groups in total. The molecule has 30 heavy (non-hydrogen) atoms. The number of amides is 2. The van der Waals surface area contributed by atoms with Crippen LogP contribution in [0.2, 0.25) is 0 Å². The first-order chi connectivity index (χ1) is 14.2. The van der Waals surface area contributed by atoms with Crippen LogP contribution >= 0.6 is 0 Å². The van der Waals surface area contributed by atoms with Crippen molar-refractivity contribution in [2.24, 2.45) is 0 Å². The average molecular weight is 413 g/mol. The van der Waals surface area contributed by atoms with E-state index in [1.54, 1.807) is 28.9 Å². The van der Waals surface area contributed by atoms with Gasteiger partial charge in [-0.2, -0.15) is 0 Å². The maximum atomic E-state index is 13.3. The molecule has 0 radical (unpaired) electrons. The van der Waals surface area contributed by atoms with Crippen molar-refractivity contribution >= 4 is 17.5 Å². The Balaban J connectivity index is 1.59. The van der Waals surface area contributed by atoms with Crippen molar-refractivity contribution in [3.8, 4) is 5.75 Å². The first-order valence-corrected chi connectivity index (χ1v) is 9.23. The summed E-state index contributed by atoms with van der Waals surface area (Å²) < 4.78 is 33.5. The van der Waals surface area contributed by atoms with Crippen LogP contribution in [-0.2, 0) is 4.79 Å². The number of ether oxygens (including phenoxy) is 1. The van der Waals surface area contributed by atoms with Gasteiger partial charge in [0.15, 0.2) is 17.7 Å². The van der Waals surface area contributed by atoms with E-state index in [2.05, 4.69) is 10.7 Å². The van der Waals surface area contributed by atoms with Crippen LogP contribution in [0.5, 0.6) is 5.75 Å². The number of benzene rings is 2. The number of nitrogens with one attached hydrogen (secondary N) is 2. The van der Waals surface area contributed by atoms with Crippen molar-refractivity contribution in [3.05, 3.63) is 83.2 Å². The third kappa shape index (κ3) is 4.83. The Hall–Kier alpha value is -3.68. The molecule has 2 amide bonds. The van der Waals surface area contributed by atoms with Gasteiger partial charge in [0, 0.05) is 28.7 Å². The van der Waals surface area contributed by atoms with E-state index in [1.807, 2.05) is 26.0 Å². The summed E-state index contributed by atoms with van der Waals surface area (Å²) in [5, 5.41) is 2.46. The second-order valence-corrected chi connectivity index (χ2v) is 6.80. The fourth-order valence-electron chi connectivity index (χ4n) is 2.77. The van der Waals surface area contributed by atoms with Gasteiger partial charge in [0.05, 0.1) is 0 Å². The van der Waals surface area contributed by atoms with E-state index in [0.717, 1.165) is 23.5 Å². The lowest BCUT2D eigenvalue weighted by Crippen LogP contribution is -2.30. The van der Waals surface area contributed by atoms with Crippen LogP contribution in [0.3, 0.4) is 0 Å². The smallest absolute Gasteiger partial charge is 0.270 e. The lowest BCUT2D eigenvalue weighted by molar-refractivity contribution is -0.122. The summed E-state index contributed by atoms with van der Waals surface area (Å²) in [6.07, 6.45) is -0.900. The molecule has 3 rings (SSSR count). The minimum Gasteiger partial charge on any atom is -0.481 e. The number of hydrogen-bond acceptors (Lipinski definition) is 3. The summed E-state index contributed by atoms with van der Waals surface area (Å²) in [6, 6.07) is 13.2. The van der Waals surface area contributed by atoms with Crippen LogP contribution in [0.15, 0.2) is 54.6 Å². The third-order valence-corrected chi connectivity index (χ3v) is 4.47. The molecule has 0 aliphatic rings. The van der Waals surface area contributed by atoms with E-state index in [9.17, 15) is 18.4 Å². The van der Waals surface area contributed by atoms with Crippen molar-refractivity contribution in [3.63, 3.8) is 0 Å². The minimum atomic E-state index is -1.06. The summed E-state index contributed by atoms with van der Waals surface area (Å²) >= 11 is 0. The highest BCUT2D eigenvalue weighted by molar-refractivity contribution is 6.00. The van der Waals surface area contributed by atoms with Gasteiger partial charge in [-0.3, -0.25) is 19.7 Å². The predicted molar refractivity (Wildman–Crippen MR) is 109 cm³/mol. The number of aromatic nitrogens is 1. The molecule has 156 valence electrons. The van der Waals surface area contributed by atoms with Gasteiger partial charge in [-0.15, -0.1) is 0 Å². The molecular formula is C22H21F2N3O3. The number of carbonyl (C=O) groups excluding carboxylic acids is 2. The standard InChI is InChI=1S/C22H21F2N3O3/c1-13-4-5-14(2)27(13)26-22(29)16-6-9-18(10-7-16)30-15(3)21(28)25-17-8-11-19(23)20(24)12-17/h4-12,15H,1-3H3,(H,25,28)(H,26,29)/t15-/m1/s1. The number of hydrogen-bond donors (Lipinski definition) is 2. The molecule has 1 atom stereocenters. The predicted octanol–water partition coefficient (Wildman–Crippen LogP) is 4.17. The van der Waals surface area contributed by atoms with E-state index in [-0.39, 0.29) is 11.6 Å². The molecule has 8 heteroatoms. The molecule has 1 heterocycles. The molecule has 0 saturated carbocycles. The molecule has 0 saturated heterocycles. The zero-order valence-corrected chi connectivity index (χ0v) is 16.7. The maximum absolute atomic E-state index is 13.3. The summed E-state index contributed by atoms with van der Waals surface area (Å²) in [5.41, 5.74) is 5.16. The summed E-state index contributed by atoms with van der Waals surface area (Å²) in [4.78, 5) is 24.6. The zero-order chi connectivity index (χ0) is 21.8. The van der Waals surface area contributed by atoms with E-state index in [4.69, 9.17) is 4.74 Å². The monoisotopic (exact) mass is 413 g/mol. The van der Waals surface area contributed by atoms with Crippen LogP contribution in [0, 0.1) is 25.5 Å². The molecule has 0 unspecified atom stereocenters. The molecule has 1 aromatic heterocycles. The van der Waals surface area contributed by atoms with Gasteiger partial charge in [0.1, 0.15) is 5.75 Å². The molecular weight excluding hydrogens is 392 g/mol. The molecule has 0 bridgehead atoms. The Morgan fingerprint density at radius 1 is 0.933 bits per heavy atom. The highest BCUT2D eigenvalue weighted by atomic mass is 19.2. The summed E-state index contributed by atoms with van der Waals surface area (Å²) in [7, 11) is 0. The van der Waals surface area contributed by atoms with Crippen molar-refractivity contribution in [1.29, 1.82) is 0 Å². The third-order valence-electron chi connectivity index (χ3n) is 4.47. The zero-order valence-electron chi connectivity index (χ0n) is 16.7. The molecule has 0 aliphatic heterocycles. The number of carbonyl (C=O) groups is 2. The van der Waals surface area contributed by atoms with Gasteiger partial charge in [0.2, 0.25) is 0 Å². The molecule has 0 spiro atoms. The van der Waals surface area contributed by atoms with E-state index in [1.165, 1.54) is 13.0 Å². The molecule has 0 aliphatic carbocycles. The summed E-state index contributed by atoms with van der Waals surface area (Å²) in [6.45, 7) is 5.29. The molecule has 2 aromatic carbocycles. The molecule has 3 aromatic rings. The Morgan fingerprint density at radius 2 is 1.57 bits per heavy atom. The first-order valence-electron chi connectivity index (χ1n) is 9.23. The quantitative estimate of drug-likeness (QED) is 0.637. The maximum Gasteiger partial charge on any atom is 0.270 e. The van der Waals surface area contributed by atoms with Gasteiger partial charge in [-0.25, -0.2) is 8.78 Å². The topological polar surface area (TPSA) is 72.4 Å². The van der Waals surface area contributed by atoms with Gasteiger partial charge in [0.25, 0.3) is 11.8 Å². The Kier molecular flexibility index (Phi) is 6.15. The van der Waals surface area contributed by atoms with Gasteiger partial charge >= 0.3 is 0 Å². The van der Waals surface area contributed by atoms with Crippen LogP contribution in [0.4, 0.5) is 14.5 Å². The Labute approximate surface area is 172 Å². The number of aryl methyl sites for hydroxylation is 2. The van der Waals surface area contributed by atoms with Gasteiger partial charge in [-0.05, 0) is 69.3 Å². The van der Waals surface area contributed by atoms with Crippen molar-refractivity contribution in [1.82, 2.24) is 4.68 Å². The highest BCUT2D eigenvalue weighted by Crippen LogP contribution is 2.17. The SMILES string of the molecule is Cc1ccc(C)n1NC(=O)c1ccc(O[C@H](C)C(=O)Nc2ccc(F)c(F)c2)cc1. The minimum absolute atomic E-state index is 0.122. The molecule has 6 nitrogen and oxygen atoms in total. The van der Waals surface area contributed by atoms with Crippen LogP contribution in [-0.4, -0.2) is 22.6 Å². The van der Waals surface area contributed by atoms with Crippen LogP contribution < -0.4 is 15.5 Å². The Morgan fingerprint density at radius 3 is 2.17 bits per heavy atom. The van der Waals surface area contributed by atoms with Crippen LogP contribution in [0.25, 0.3) is 0 Å². The number of anilines is 1. The van der Waals surface area contributed by atoms with Crippen molar-refractivity contribution < 1.29 is 23.1 Å². The van der Waals surface area contributed by atoms with Crippen molar-refractivity contribution in [2.45, 2.75) is 26.9 Å². The number of nitrogens with zero attached hydrogens (tertiary/aromatic N) is 1. The van der Waals surface area contributed by atoms with E-state index in [0.29, 0.717) is 11.3 Å². The van der Waals surface area contributed by atoms with E-state index < -0.39 is 23.6 Å². The van der Waals surface area contributed by atoms with Crippen LogP contribution in [0.1, 0.15) is 28.7 Å². The second-order valence-electron chi connectivity index (χ2n) is 6.80. The van der Waals surface area contributed by atoms with Crippen molar-refractivity contribution in [2.75, 3.05) is 10.7 Å².